The zero-order valence-electron chi connectivity index (χ0n) is 23.8. The second-order valence-corrected chi connectivity index (χ2v) is 14.8. The van der Waals surface area contributed by atoms with Gasteiger partial charge in [0.15, 0.2) is 0 Å². The molecule has 3 fully saturated rings. The third-order valence-corrected chi connectivity index (χ3v) is 12.7. The van der Waals surface area contributed by atoms with Gasteiger partial charge in [-0.25, -0.2) is 0 Å². The van der Waals surface area contributed by atoms with Crippen LogP contribution in [0.3, 0.4) is 0 Å². The number of hydrogen-bond acceptors (Lipinski definition) is 8. The van der Waals surface area contributed by atoms with Crippen LogP contribution in [0.5, 0.6) is 5.75 Å². The van der Waals surface area contributed by atoms with Crippen LogP contribution < -0.4 is 14.5 Å². The van der Waals surface area contributed by atoms with Gasteiger partial charge < -0.3 is 9.72 Å². The number of ether oxygens (including phenoxy) is 1. The minimum atomic E-state index is -0.486. The number of aromatic nitrogens is 1. The molecule has 8 rings (SSSR count). The fraction of sp³-hybridized carbons (Fsp3) is 0.303. The number of thiazole rings is 1. The Labute approximate surface area is 270 Å². The number of nitro benzene ring substituents is 1. The lowest BCUT2D eigenvalue weighted by molar-refractivity contribution is -0.385. The Morgan fingerprint density at radius 3 is 2.51 bits per heavy atom. The van der Waals surface area contributed by atoms with Crippen LogP contribution in [0.15, 0.2) is 76.6 Å². The molecule has 1 N–H and O–H groups in total. The van der Waals surface area contributed by atoms with Crippen molar-refractivity contribution in [3.8, 4) is 5.75 Å². The molecule has 2 saturated carbocycles. The van der Waals surface area contributed by atoms with Gasteiger partial charge in [-0.05, 0) is 67.0 Å². The molecule has 1 aromatic heterocycles. The molecule has 2 bridgehead atoms. The number of H-pyrrole nitrogens is 1. The molecule has 2 amide bonds. The number of nitrogens with zero attached hydrogens (tertiary/aromatic N) is 2. The molecule has 0 spiro atoms. The third-order valence-electron chi connectivity index (χ3n) is 9.84. The van der Waals surface area contributed by atoms with Gasteiger partial charge in [-0.1, -0.05) is 52.8 Å². The summed E-state index contributed by atoms with van der Waals surface area (Å²) < 4.78 is 6.32. The summed E-state index contributed by atoms with van der Waals surface area (Å²) >= 11 is 8.86. The summed E-state index contributed by atoms with van der Waals surface area (Å²) in [4.78, 5) is 57.2. The maximum atomic E-state index is 14.1. The number of anilines is 1. The van der Waals surface area contributed by atoms with Gasteiger partial charge in [0, 0.05) is 38.8 Å². The molecule has 2 aliphatic carbocycles. The second kappa shape index (κ2) is 10.6. The highest BCUT2D eigenvalue weighted by atomic mass is 35.5. The molecule has 4 aliphatic rings. The molecule has 0 radical (unpaired) electrons. The van der Waals surface area contributed by atoms with Gasteiger partial charge in [0.1, 0.15) is 12.4 Å². The van der Waals surface area contributed by atoms with E-state index in [1.54, 1.807) is 36.0 Å². The van der Waals surface area contributed by atoms with Crippen LogP contribution in [-0.4, -0.2) is 27.0 Å². The quantitative estimate of drug-likeness (QED) is 0.141. The highest BCUT2D eigenvalue weighted by Crippen LogP contribution is 2.69. The topological polar surface area (TPSA) is 123 Å². The monoisotopic (exact) mass is 659 g/mol. The first-order valence-electron chi connectivity index (χ1n) is 14.7. The van der Waals surface area contributed by atoms with Crippen molar-refractivity contribution in [1.82, 2.24) is 4.98 Å². The average molecular weight is 660 g/mol. The third kappa shape index (κ3) is 4.46. The molecule has 6 unspecified atom stereocenters. The van der Waals surface area contributed by atoms with Crippen molar-refractivity contribution in [2.24, 2.45) is 29.6 Å². The Balaban J connectivity index is 1.22. The Morgan fingerprint density at radius 1 is 1.02 bits per heavy atom. The number of nitrogens with one attached hydrogen (secondary N) is 1. The number of aromatic amines is 1. The van der Waals surface area contributed by atoms with Crippen molar-refractivity contribution in [1.29, 1.82) is 0 Å². The van der Waals surface area contributed by atoms with E-state index in [0.29, 0.717) is 28.4 Å². The van der Waals surface area contributed by atoms with Gasteiger partial charge in [-0.3, -0.25) is 29.4 Å². The predicted molar refractivity (Wildman–Crippen MR) is 171 cm³/mol. The molecule has 2 aliphatic heterocycles. The van der Waals surface area contributed by atoms with E-state index in [2.05, 4.69) is 4.98 Å². The number of carbonyl (C=O) groups excluding carboxylic acids is 2. The van der Waals surface area contributed by atoms with Crippen LogP contribution in [-0.2, 0) is 16.2 Å². The van der Waals surface area contributed by atoms with Gasteiger partial charge >= 0.3 is 4.87 Å². The smallest absolute Gasteiger partial charge is 0.305 e. The number of aryl methyl sites for hydroxylation is 1. The summed E-state index contributed by atoms with van der Waals surface area (Å²) in [6.07, 6.45) is 0.709. The lowest BCUT2D eigenvalue weighted by Gasteiger charge is -2.43. The summed E-state index contributed by atoms with van der Waals surface area (Å²) in [6, 6.07) is 19.3. The first-order valence-corrected chi connectivity index (χ1v) is 16.8. The minimum absolute atomic E-state index is 0.0613. The van der Waals surface area contributed by atoms with Crippen molar-refractivity contribution in [3.63, 3.8) is 0 Å². The summed E-state index contributed by atoms with van der Waals surface area (Å²) in [5.74, 6) is -1.58. The molecule has 228 valence electrons. The van der Waals surface area contributed by atoms with E-state index in [-0.39, 0.29) is 52.0 Å². The van der Waals surface area contributed by atoms with Crippen LogP contribution in [0.2, 0.25) is 5.02 Å². The van der Waals surface area contributed by atoms with E-state index in [1.165, 1.54) is 11.0 Å². The highest BCUT2D eigenvalue weighted by Gasteiger charge is 2.70. The fourth-order valence-corrected chi connectivity index (χ4v) is 11.2. The number of nitro groups is 1. The molecule has 1 saturated heterocycles. The number of halogens is 1. The number of hydrogen-bond donors (Lipinski definition) is 1. The fourth-order valence-electron chi connectivity index (χ4n) is 8.13. The van der Waals surface area contributed by atoms with E-state index in [4.69, 9.17) is 16.3 Å². The molecular formula is C33H26ClN3O6S2. The number of amides is 2. The van der Waals surface area contributed by atoms with Crippen LogP contribution in [0.4, 0.5) is 11.4 Å². The van der Waals surface area contributed by atoms with Gasteiger partial charge in [-0.2, -0.15) is 0 Å². The Hall–Kier alpha value is -3.93. The van der Waals surface area contributed by atoms with Crippen molar-refractivity contribution in [2.45, 2.75) is 36.1 Å². The van der Waals surface area contributed by atoms with Gasteiger partial charge in [0.2, 0.25) is 11.8 Å². The van der Waals surface area contributed by atoms with E-state index >= 15 is 0 Å². The largest absolute Gasteiger partial charge is 0.489 e. The van der Waals surface area contributed by atoms with E-state index in [0.717, 1.165) is 32.4 Å². The molecule has 3 aromatic carbocycles. The molecule has 9 nitrogen and oxygen atoms in total. The zero-order valence-corrected chi connectivity index (χ0v) is 26.2. The summed E-state index contributed by atoms with van der Waals surface area (Å²) in [5, 5.41) is 13.2. The first-order chi connectivity index (χ1) is 21.7. The maximum Gasteiger partial charge on any atom is 0.305 e. The highest BCUT2D eigenvalue weighted by molar-refractivity contribution is 8.00. The molecule has 7 atom stereocenters. The van der Waals surface area contributed by atoms with Crippen LogP contribution in [0.1, 0.15) is 33.9 Å². The number of rotatable bonds is 6. The van der Waals surface area contributed by atoms with Crippen molar-refractivity contribution in [3.05, 3.63) is 113 Å². The van der Waals surface area contributed by atoms with Crippen molar-refractivity contribution in [2.75, 3.05) is 4.90 Å². The lowest BCUT2D eigenvalue weighted by atomic mass is 9.68. The second-order valence-electron chi connectivity index (χ2n) is 12.2. The van der Waals surface area contributed by atoms with Gasteiger partial charge in [0.25, 0.3) is 5.69 Å². The summed E-state index contributed by atoms with van der Waals surface area (Å²) in [5.41, 5.74) is 2.97. The zero-order chi connectivity index (χ0) is 31.1. The van der Waals surface area contributed by atoms with Crippen LogP contribution in [0, 0.1) is 46.6 Å². The van der Waals surface area contributed by atoms with Crippen LogP contribution in [0.25, 0.3) is 0 Å². The Bertz CT molecular complexity index is 1960. The van der Waals surface area contributed by atoms with E-state index < -0.39 is 22.7 Å². The molecule has 3 heterocycles. The first kappa shape index (κ1) is 28.5. The Morgan fingerprint density at radius 2 is 1.78 bits per heavy atom. The van der Waals surface area contributed by atoms with Gasteiger partial charge in [-0.15, -0.1) is 11.8 Å². The minimum Gasteiger partial charge on any atom is -0.489 e. The number of imide groups is 1. The summed E-state index contributed by atoms with van der Waals surface area (Å²) in [6.45, 7) is 2.14. The maximum absolute atomic E-state index is 14.1. The molecule has 45 heavy (non-hydrogen) atoms. The lowest BCUT2D eigenvalue weighted by Crippen LogP contribution is -2.42. The van der Waals surface area contributed by atoms with E-state index in [9.17, 15) is 24.5 Å². The number of fused-ring (bicyclic) bond motifs is 9. The van der Waals surface area contributed by atoms with Gasteiger partial charge in [0.05, 0.1) is 27.5 Å². The molecule has 4 aromatic rings. The van der Waals surface area contributed by atoms with Crippen molar-refractivity contribution < 1.29 is 19.2 Å². The molecular weight excluding hydrogens is 634 g/mol. The number of carbonyl (C=O) groups is 2. The van der Waals surface area contributed by atoms with Crippen LogP contribution >= 0.6 is 34.7 Å². The summed E-state index contributed by atoms with van der Waals surface area (Å²) in [7, 11) is 0. The number of non-ortho nitro benzene ring substituents is 1. The average Bonchev–Trinajstić information content (AvgIpc) is 3.75. The standard InChI is InChI=1S/C33H26ClN3O6S2/c1-15-5-7-18(8-6-15)36-31(38)26-21-13-22(27(26)32(36)39)28-25(21)24(29-30(44-28)35-33(40)45-29)20-12-19(37(41)42)9-10-23(20)43-14-16-3-2-4-17(34)11-16/h2-12,21-22,24-28H,13-14H2,1H3,(H,35,40)/t21?,22?,24-,25?,26?,27?,28?/m1/s1. The Kier molecular flexibility index (Phi) is 6.70. The SMILES string of the molecule is Cc1ccc(N2C(=O)C3C4CC(C3C2=O)C2C4Sc3[nH]c(=O)sc3[C@@H]2c2cc([N+](=O)[O-])ccc2OCc2cccc(Cl)c2)cc1. The number of thioether (sulfide) groups is 1. The van der Waals surface area contributed by atoms with Crippen molar-refractivity contribution >= 4 is 57.9 Å². The number of benzene rings is 3. The van der Waals surface area contributed by atoms with E-state index in [1.807, 2.05) is 43.3 Å². The normalized spacial score (nSPS) is 27.8. The molecule has 12 heteroatoms. The predicted octanol–water partition coefficient (Wildman–Crippen LogP) is 6.56.